The van der Waals surface area contributed by atoms with Gasteiger partial charge in [-0.15, -0.1) is 10.2 Å². The Labute approximate surface area is 160 Å². The minimum atomic E-state index is 0.0324. The van der Waals surface area contributed by atoms with Crippen LogP contribution in [0.2, 0.25) is 5.02 Å². The molecule has 132 valence electrons. The molecule has 0 saturated carbocycles. The molecule has 0 N–H and O–H groups in total. The number of halogens is 1. The van der Waals surface area contributed by atoms with Gasteiger partial charge in [-0.25, -0.2) is 0 Å². The Bertz CT molecular complexity index is 959. The number of nitrogens with zero attached hydrogens (tertiary/aromatic N) is 3. The van der Waals surface area contributed by atoms with Gasteiger partial charge in [0.25, 0.3) is 5.22 Å². The third-order valence-corrected chi connectivity index (χ3v) is 5.44. The van der Waals surface area contributed by atoms with Crippen molar-refractivity contribution in [2.24, 2.45) is 0 Å². The molecule has 0 radical (unpaired) electrons. The minimum absolute atomic E-state index is 0.0324. The molecular weight excluding hydrogens is 370 g/mol. The number of fused-ring (bicyclic) bond motifs is 1. The third-order valence-electron chi connectivity index (χ3n) is 4.31. The van der Waals surface area contributed by atoms with E-state index in [4.69, 9.17) is 16.0 Å². The normalized spacial score (nSPS) is 15.9. The molecule has 2 aromatic carbocycles. The molecule has 26 heavy (non-hydrogen) atoms. The molecule has 5 nitrogen and oxygen atoms in total. The Morgan fingerprint density at radius 2 is 2.00 bits per heavy atom. The zero-order chi connectivity index (χ0) is 18.1. The maximum Gasteiger partial charge on any atom is 0.277 e. The van der Waals surface area contributed by atoms with Crippen molar-refractivity contribution >= 4 is 35.0 Å². The average Bonchev–Trinajstić information content (AvgIpc) is 3.23. The summed E-state index contributed by atoms with van der Waals surface area (Å²) in [4.78, 5) is 14.6. The summed E-state index contributed by atoms with van der Waals surface area (Å²) in [5, 5.41) is 8.94. The monoisotopic (exact) mass is 385 g/mol. The lowest BCUT2D eigenvalue weighted by molar-refractivity contribution is -0.116. The number of carbonyl (C=O) groups is 1. The summed E-state index contributed by atoms with van der Waals surface area (Å²) >= 11 is 7.39. The predicted molar refractivity (Wildman–Crippen MR) is 103 cm³/mol. The number of benzene rings is 2. The highest BCUT2D eigenvalue weighted by Crippen LogP contribution is 2.33. The number of hydrogen-bond acceptors (Lipinski definition) is 5. The summed E-state index contributed by atoms with van der Waals surface area (Å²) in [6.07, 6.45) is 0.879. The van der Waals surface area contributed by atoms with Crippen molar-refractivity contribution in [2.45, 2.75) is 24.6 Å². The molecule has 1 aromatic heterocycles. The van der Waals surface area contributed by atoms with Crippen LogP contribution in [-0.2, 0) is 11.2 Å². The Morgan fingerprint density at radius 3 is 2.85 bits per heavy atom. The van der Waals surface area contributed by atoms with Crippen LogP contribution in [-0.4, -0.2) is 27.9 Å². The van der Waals surface area contributed by atoms with Crippen molar-refractivity contribution in [1.82, 2.24) is 10.2 Å². The van der Waals surface area contributed by atoms with Crippen LogP contribution in [0.3, 0.4) is 0 Å². The van der Waals surface area contributed by atoms with Crippen molar-refractivity contribution in [3.05, 3.63) is 59.1 Å². The molecule has 1 aliphatic rings. The maximum atomic E-state index is 12.7. The molecule has 0 aliphatic carbocycles. The van der Waals surface area contributed by atoms with Crippen LogP contribution in [0.5, 0.6) is 0 Å². The van der Waals surface area contributed by atoms with Crippen LogP contribution in [0.1, 0.15) is 12.5 Å². The molecular formula is C19H16ClN3O2S. The van der Waals surface area contributed by atoms with E-state index in [-0.39, 0.29) is 17.7 Å². The standard InChI is InChI=1S/C19H16ClN3O2S/c1-12-10-13-6-2-5-9-16(13)23(12)17(24)11-26-19-22-21-18(25-19)14-7-3-4-8-15(14)20/h2-9,12H,10-11H2,1H3/t12-/m0/s1. The van der Waals surface area contributed by atoms with Gasteiger partial charge in [-0.2, -0.15) is 0 Å². The maximum absolute atomic E-state index is 12.7. The van der Waals surface area contributed by atoms with Crippen LogP contribution >= 0.6 is 23.4 Å². The first-order valence-corrected chi connectivity index (χ1v) is 9.61. The summed E-state index contributed by atoms with van der Waals surface area (Å²) in [7, 11) is 0. The van der Waals surface area contributed by atoms with Crippen LogP contribution in [0.15, 0.2) is 58.2 Å². The van der Waals surface area contributed by atoms with E-state index in [1.165, 1.54) is 17.3 Å². The van der Waals surface area contributed by atoms with Crippen LogP contribution < -0.4 is 4.90 Å². The fourth-order valence-electron chi connectivity index (χ4n) is 3.15. The molecule has 2 heterocycles. The van der Waals surface area contributed by atoms with Gasteiger partial charge in [0.15, 0.2) is 0 Å². The summed E-state index contributed by atoms with van der Waals surface area (Å²) in [5.41, 5.74) is 2.88. The van der Waals surface area contributed by atoms with Gasteiger partial charge in [0, 0.05) is 11.7 Å². The van der Waals surface area contributed by atoms with Crippen LogP contribution in [0, 0.1) is 0 Å². The van der Waals surface area contributed by atoms with Crippen molar-refractivity contribution < 1.29 is 9.21 Å². The van der Waals surface area contributed by atoms with Crippen molar-refractivity contribution in [3.8, 4) is 11.5 Å². The molecule has 3 aromatic rings. The zero-order valence-electron chi connectivity index (χ0n) is 14.1. The van der Waals surface area contributed by atoms with Gasteiger partial charge in [-0.3, -0.25) is 4.79 Å². The number of anilines is 1. The Hall–Kier alpha value is -2.31. The van der Waals surface area contributed by atoms with Gasteiger partial charge in [0.1, 0.15) is 0 Å². The summed E-state index contributed by atoms with van der Waals surface area (Å²) in [6, 6.07) is 15.5. The highest BCUT2D eigenvalue weighted by atomic mass is 35.5. The van der Waals surface area contributed by atoms with E-state index in [2.05, 4.69) is 23.2 Å². The third kappa shape index (κ3) is 3.22. The number of carbonyl (C=O) groups excluding carboxylic acids is 1. The Morgan fingerprint density at radius 1 is 1.23 bits per heavy atom. The summed E-state index contributed by atoms with van der Waals surface area (Å²) < 4.78 is 5.65. The van der Waals surface area contributed by atoms with E-state index < -0.39 is 0 Å². The number of aromatic nitrogens is 2. The topological polar surface area (TPSA) is 59.2 Å². The second kappa shape index (κ2) is 7.13. The van der Waals surface area contributed by atoms with Crippen LogP contribution in [0.4, 0.5) is 5.69 Å². The first kappa shape index (κ1) is 17.1. The van der Waals surface area contributed by atoms with Crippen molar-refractivity contribution in [1.29, 1.82) is 0 Å². The highest BCUT2D eigenvalue weighted by Gasteiger charge is 2.30. The van der Waals surface area contributed by atoms with Crippen molar-refractivity contribution in [3.63, 3.8) is 0 Å². The first-order valence-electron chi connectivity index (χ1n) is 8.24. The predicted octanol–water partition coefficient (Wildman–Crippen LogP) is 4.46. The fraction of sp³-hybridized carbons (Fsp3) is 0.211. The molecule has 0 spiro atoms. The summed E-state index contributed by atoms with van der Waals surface area (Å²) in [6.45, 7) is 2.06. The molecule has 1 atom stereocenters. The number of rotatable bonds is 4. The molecule has 0 unspecified atom stereocenters. The minimum Gasteiger partial charge on any atom is -0.411 e. The first-order chi connectivity index (χ1) is 12.6. The molecule has 1 amide bonds. The SMILES string of the molecule is C[C@H]1Cc2ccccc2N1C(=O)CSc1nnc(-c2ccccc2Cl)o1. The van der Waals surface area contributed by atoms with E-state index in [1.807, 2.05) is 41.3 Å². The quantitative estimate of drug-likeness (QED) is 0.620. The molecule has 4 rings (SSSR count). The van der Waals surface area contributed by atoms with Gasteiger partial charge in [-0.1, -0.05) is 53.7 Å². The highest BCUT2D eigenvalue weighted by molar-refractivity contribution is 7.99. The van der Waals surface area contributed by atoms with Gasteiger partial charge in [-0.05, 0) is 37.1 Å². The lowest BCUT2D eigenvalue weighted by Crippen LogP contribution is -2.36. The smallest absolute Gasteiger partial charge is 0.277 e. The molecule has 7 heteroatoms. The molecule has 0 fully saturated rings. The largest absolute Gasteiger partial charge is 0.411 e. The number of thioether (sulfide) groups is 1. The van der Waals surface area contributed by atoms with E-state index in [1.54, 1.807) is 6.07 Å². The number of para-hydroxylation sites is 1. The van der Waals surface area contributed by atoms with E-state index >= 15 is 0 Å². The van der Waals surface area contributed by atoms with Gasteiger partial charge in [0.05, 0.1) is 16.3 Å². The average molecular weight is 386 g/mol. The van der Waals surface area contributed by atoms with E-state index in [9.17, 15) is 4.79 Å². The van der Waals surface area contributed by atoms with E-state index in [0.29, 0.717) is 21.7 Å². The lowest BCUT2D eigenvalue weighted by Gasteiger charge is -2.22. The number of amides is 1. The second-order valence-electron chi connectivity index (χ2n) is 6.09. The van der Waals surface area contributed by atoms with Gasteiger partial charge in [0.2, 0.25) is 11.8 Å². The van der Waals surface area contributed by atoms with Gasteiger partial charge < -0.3 is 9.32 Å². The molecule has 0 saturated heterocycles. The fourth-order valence-corrected chi connectivity index (χ4v) is 3.99. The number of hydrogen-bond donors (Lipinski definition) is 0. The second-order valence-corrected chi connectivity index (χ2v) is 7.42. The Balaban J connectivity index is 1.45. The zero-order valence-corrected chi connectivity index (χ0v) is 15.6. The molecule has 0 bridgehead atoms. The van der Waals surface area contributed by atoms with E-state index in [0.717, 1.165) is 12.1 Å². The van der Waals surface area contributed by atoms with Crippen LogP contribution in [0.25, 0.3) is 11.5 Å². The summed E-state index contributed by atoms with van der Waals surface area (Å²) in [5.74, 6) is 0.624. The Kier molecular flexibility index (Phi) is 4.70. The van der Waals surface area contributed by atoms with Gasteiger partial charge >= 0.3 is 0 Å². The van der Waals surface area contributed by atoms with Crippen molar-refractivity contribution in [2.75, 3.05) is 10.7 Å². The molecule has 1 aliphatic heterocycles. The lowest BCUT2D eigenvalue weighted by atomic mass is 10.1.